The Morgan fingerprint density at radius 1 is 1.00 bits per heavy atom. The zero-order valence-corrected chi connectivity index (χ0v) is 15.2. The fourth-order valence-corrected chi connectivity index (χ4v) is 3.84. The highest BCUT2D eigenvalue weighted by atomic mass is 16.5. The van der Waals surface area contributed by atoms with Gasteiger partial charge in [-0.3, -0.25) is 9.36 Å². The second-order valence-corrected chi connectivity index (χ2v) is 6.68. The molecule has 5 rings (SSSR count). The van der Waals surface area contributed by atoms with Crippen LogP contribution in [-0.2, 0) is 0 Å². The number of allylic oxidation sites excluding steroid dienone is 1. The topological polar surface area (TPSA) is 94.2 Å². The molecular formula is C23H15N3O3. The van der Waals surface area contributed by atoms with Gasteiger partial charge in [-0.1, -0.05) is 30.3 Å². The molecule has 0 aliphatic carbocycles. The number of benzene rings is 2. The van der Waals surface area contributed by atoms with E-state index in [2.05, 4.69) is 6.07 Å². The standard InChI is InChI=1S/C23H15N3O3/c24-13-16-19(18-11-6-12-28-18)20-21(29-22(16)25)15-9-4-5-10-17(15)26(23(20)27)14-7-2-1-3-8-14/h1-12,19H,25H2/t19-/m0/s1. The molecule has 6 nitrogen and oxygen atoms in total. The molecule has 1 atom stereocenters. The van der Waals surface area contributed by atoms with Crippen molar-refractivity contribution in [1.82, 2.24) is 4.57 Å². The number of furan rings is 1. The van der Waals surface area contributed by atoms with Crippen molar-refractivity contribution in [3.05, 3.63) is 106 Å². The Morgan fingerprint density at radius 3 is 2.48 bits per heavy atom. The van der Waals surface area contributed by atoms with Gasteiger partial charge >= 0.3 is 0 Å². The van der Waals surface area contributed by atoms with Crippen molar-refractivity contribution < 1.29 is 9.15 Å². The number of fused-ring (bicyclic) bond motifs is 3. The third kappa shape index (κ3) is 2.45. The van der Waals surface area contributed by atoms with Crippen LogP contribution in [0.5, 0.6) is 5.75 Å². The lowest BCUT2D eigenvalue weighted by Gasteiger charge is -2.26. The van der Waals surface area contributed by atoms with Crippen molar-refractivity contribution >= 4 is 10.9 Å². The highest BCUT2D eigenvalue weighted by Crippen LogP contribution is 2.43. The first-order chi connectivity index (χ1) is 14.2. The highest BCUT2D eigenvalue weighted by Gasteiger charge is 2.37. The maximum atomic E-state index is 13.8. The molecule has 0 radical (unpaired) electrons. The molecular weight excluding hydrogens is 366 g/mol. The van der Waals surface area contributed by atoms with E-state index in [1.807, 2.05) is 54.6 Å². The van der Waals surface area contributed by atoms with E-state index >= 15 is 0 Å². The minimum Gasteiger partial charge on any atom is -0.468 e. The van der Waals surface area contributed by atoms with Crippen molar-refractivity contribution in [2.75, 3.05) is 0 Å². The van der Waals surface area contributed by atoms with Crippen LogP contribution in [0.1, 0.15) is 17.2 Å². The van der Waals surface area contributed by atoms with Gasteiger partial charge in [0, 0.05) is 11.1 Å². The number of pyridine rings is 1. The summed E-state index contributed by atoms with van der Waals surface area (Å²) < 4.78 is 13.0. The van der Waals surface area contributed by atoms with E-state index in [0.717, 1.165) is 11.1 Å². The molecule has 0 amide bonds. The normalized spacial score (nSPS) is 15.6. The maximum Gasteiger partial charge on any atom is 0.263 e. The Labute approximate surface area is 165 Å². The van der Waals surface area contributed by atoms with Crippen LogP contribution in [0.3, 0.4) is 0 Å². The van der Waals surface area contributed by atoms with Crippen LogP contribution >= 0.6 is 0 Å². The van der Waals surface area contributed by atoms with E-state index in [1.165, 1.54) is 6.26 Å². The Balaban J connectivity index is 1.95. The van der Waals surface area contributed by atoms with Gasteiger partial charge in [0.05, 0.1) is 23.3 Å². The van der Waals surface area contributed by atoms with E-state index in [9.17, 15) is 10.1 Å². The molecule has 0 saturated carbocycles. The lowest BCUT2D eigenvalue weighted by molar-refractivity contribution is 0.386. The average Bonchev–Trinajstić information content (AvgIpc) is 3.28. The van der Waals surface area contributed by atoms with Gasteiger partial charge in [-0.15, -0.1) is 0 Å². The molecule has 0 fully saturated rings. The number of nitrogens with two attached hydrogens (primary N) is 1. The SMILES string of the molecule is N#CC1=C(N)Oc2c(c(=O)n(-c3ccccc3)c3ccccc23)[C@@H]1c1ccco1. The van der Waals surface area contributed by atoms with Crippen molar-refractivity contribution in [3.63, 3.8) is 0 Å². The number of rotatable bonds is 2. The molecule has 4 aromatic rings. The van der Waals surface area contributed by atoms with Crippen LogP contribution in [0.4, 0.5) is 0 Å². The summed E-state index contributed by atoms with van der Waals surface area (Å²) in [5, 5.41) is 10.5. The van der Waals surface area contributed by atoms with Crippen LogP contribution in [0.15, 0.2) is 93.7 Å². The Kier molecular flexibility index (Phi) is 3.75. The van der Waals surface area contributed by atoms with Crippen LogP contribution in [0.25, 0.3) is 16.6 Å². The van der Waals surface area contributed by atoms with Crippen molar-refractivity contribution in [3.8, 4) is 17.5 Å². The molecule has 2 aromatic heterocycles. The van der Waals surface area contributed by atoms with Crippen LogP contribution in [0.2, 0.25) is 0 Å². The molecule has 0 saturated heterocycles. The zero-order valence-electron chi connectivity index (χ0n) is 15.2. The van der Waals surface area contributed by atoms with Crippen molar-refractivity contribution in [1.29, 1.82) is 5.26 Å². The molecule has 1 aliphatic rings. The van der Waals surface area contributed by atoms with Crippen LogP contribution in [-0.4, -0.2) is 4.57 Å². The first-order valence-electron chi connectivity index (χ1n) is 9.04. The van der Waals surface area contributed by atoms with Crippen LogP contribution < -0.4 is 16.0 Å². The molecule has 0 bridgehead atoms. The summed E-state index contributed by atoms with van der Waals surface area (Å²) in [4.78, 5) is 13.8. The molecule has 0 unspecified atom stereocenters. The second kappa shape index (κ2) is 6.43. The largest absolute Gasteiger partial charge is 0.468 e. The summed E-state index contributed by atoms with van der Waals surface area (Å²) in [6, 6.07) is 22.3. The number of hydrogen-bond donors (Lipinski definition) is 1. The summed E-state index contributed by atoms with van der Waals surface area (Å²) in [6.07, 6.45) is 1.51. The van der Waals surface area contributed by atoms with Gasteiger partial charge in [0.2, 0.25) is 5.88 Å². The minimum atomic E-state index is -0.745. The highest BCUT2D eigenvalue weighted by molar-refractivity contribution is 5.89. The number of ether oxygens (including phenoxy) is 1. The first-order valence-corrected chi connectivity index (χ1v) is 9.04. The number of para-hydroxylation sites is 2. The molecule has 140 valence electrons. The Morgan fingerprint density at radius 2 is 1.76 bits per heavy atom. The fraction of sp³-hybridized carbons (Fsp3) is 0.0435. The maximum absolute atomic E-state index is 13.8. The molecule has 1 aliphatic heterocycles. The lowest BCUT2D eigenvalue weighted by Crippen LogP contribution is -2.31. The predicted molar refractivity (Wildman–Crippen MR) is 108 cm³/mol. The molecule has 29 heavy (non-hydrogen) atoms. The number of nitriles is 1. The second-order valence-electron chi connectivity index (χ2n) is 6.68. The summed E-state index contributed by atoms with van der Waals surface area (Å²) in [7, 11) is 0. The summed E-state index contributed by atoms with van der Waals surface area (Å²) in [6.45, 7) is 0. The smallest absolute Gasteiger partial charge is 0.263 e. The fourth-order valence-electron chi connectivity index (χ4n) is 3.84. The van der Waals surface area contributed by atoms with E-state index in [-0.39, 0.29) is 17.0 Å². The van der Waals surface area contributed by atoms with Gasteiger partial charge in [-0.25, -0.2) is 0 Å². The van der Waals surface area contributed by atoms with Crippen molar-refractivity contribution in [2.24, 2.45) is 5.73 Å². The van der Waals surface area contributed by atoms with E-state index in [0.29, 0.717) is 22.6 Å². The first kappa shape index (κ1) is 16.9. The monoisotopic (exact) mass is 381 g/mol. The third-order valence-electron chi connectivity index (χ3n) is 5.09. The van der Waals surface area contributed by atoms with Crippen molar-refractivity contribution in [2.45, 2.75) is 5.92 Å². The minimum absolute atomic E-state index is 0.0246. The average molecular weight is 381 g/mol. The zero-order chi connectivity index (χ0) is 20.0. The summed E-state index contributed by atoms with van der Waals surface area (Å²) >= 11 is 0. The summed E-state index contributed by atoms with van der Waals surface area (Å²) in [5.41, 5.74) is 7.68. The van der Waals surface area contributed by atoms with Gasteiger partial charge in [0.15, 0.2) is 0 Å². The molecule has 2 aromatic carbocycles. The lowest BCUT2D eigenvalue weighted by atomic mass is 9.87. The van der Waals surface area contributed by atoms with Crippen LogP contribution in [0, 0.1) is 11.3 Å². The quantitative estimate of drug-likeness (QED) is 0.570. The van der Waals surface area contributed by atoms with E-state index < -0.39 is 5.92 Å². The third-order valence-corrected chi connectivity index (χ3v) is 5.09. The molecule has 3 heterocycles. The van der Waals surface area contributed by atoms with Gasteiger partial charge in [-0.2, -0.15) is 5.26 Å². The Bertz CT molecular complexity index is 1360. The van der Waals surface area contributed by atoms with Gasteiger partial charge in [-0.05, 0) is 36.4 Å². The van der Waals surface area contributed by atoms with E-state index in [4.69, 9.17) is 14.9 Å². The van der Waals surface area contributed by atoms with Gasteiger partial charge in [0.1, 0.15) is 23.2 Å². The number of aromatic nitrogens is 1. The van der Waals surface area contributed by atoms with E-state index in [1.54, 1.807) is 16.7 Å². The molecule has 6 heteroatoms. The Hall–Kier alpha value is -4.24. The van der Waals surface area contributed by atoms with Gasteiger partial charge < -0.3 is 14.9 Å². The predicted octanol–water partition coefficient (Wildman–Crippen LogP) is 3.80. The number of hydrogen-bond acceptors (Lipinski definition) is 5. The molecule has 2 N–H and O–H groups in total. The summed E-state index contributed by atoms with van der Waals surface area (Å²) in [5.74, 6) is 0.0472. The van der Waals surface area contributed by atoms with Gasteiger partial charge in [0.25, 0.3) is 5.56 Å². The molecule has 0 spiro atoms. The number of nitrogens with zero attached hydrogens (tertiary/aromatic N) is 2.